The van der Waals surface area contributed by atoms with Crippen LogP contribution in [0, 0.1) is 13.8 Å². The van der Waals surface area contributed by atoms with Gasteiger partial charge in [0.2, 0.25) is 15.9 Å². The number of nitrogens with one attached hydrogen (secondary N) is 2. The largest absolute Gasteiger partial charge is 0.349 e. The standard InChI is InChI=1S/C19H28N4O3S/c1-6-23(7-2)27(25,26)17-10-8-16(9-11-17)13(3)20-19(24)12-18-14(4)21-22-15(18)5/h8-11,13H,6-7,12H2,1-5H3,(H,20,24)(H,21,22)/t13-/m1/s1. The molecule has 2 rings (SSSR count). The van der Waals surface area contributed by atoms with E-state index < -0.39 is 10.0 Å². The van der Waals surface area contributed by atoms with Crippen LogP contribution in [0.15, 0.2) is 29.2 Å². The molecule has 1 amide bonds. The Bertz CT molecular complexity index is 865. The molecule has 0 saturated carbocycles. The fourth-order valence-electron chi connectivity index (χ4n) is 3.01. The average molecular weight is 393 g/mol. The number of H-pyrrole nitrogens is 1. The Labute approximate surface area is 161 Å². The summed E-state index contributed by atoms with van der Waals surface area (Å²) in [6.07, 6.45) is 0.257. The predicted molar refractivity (Wildman–Crippen MR) is 105 cm³/mol. The monoisotopic (exact) mass is 392 g/mol. The van der Waals surface area contributed by atoms with Gasteiger partial charge >= 0.3 is 0 Å². The van der Waals surface area contributed by atoms with E-state index in [1.165, 1.54) is 4.31 Å². The van der Waals surface area contributed by atoms with Gasteiger partial charge in [-0.1, -0.05) is 26.0 Å². The van der Waals surface area contributed by atoms with Crippen LogP contribution in [0.1, 0.15) is 49.3 Å². The minimum absolute atomic E-state index is 0.102. The Hall–Kier alpha value is -2.19. The highest BCUT2D eigenvalue weighted by Gasteiger charge is 2.22. The van der Waals surface area contributed by atoms with E-state index in [9.17, 15) is 13.2 Å². The Balaban J connectivity index is 2.07. The van der Waals surface area contributed by atoms with Gasteiger partial charge in [0, 0.05) is 24.3 Å². The molecular formula is C19H28N4O3S. The topological polar surface area (TPSA) is 95.2 Å². The van der Waals surface area contributed by atoms with Gasteiger partial charge in [-0.2, -0.15) is 9.40 Å². The van der Waals surface area contributed by atoms with E-state index in [4.69, 9.17) is 0 Å². The molecule has 0 fully saturated rings. The van der Waals surface area contributed by atoms with Crippen LogP contribution in [-0.2, 0) is 21.2 Å². The summed E-state index contributed by atoms with van der Waals surface area (Å²) in [5.41, 5.74) is 3.46. The molecule has 1 aromatic carbocycles. The van der Waals surface area contributed by atoms with Crippen molar-refractivity contribution in [3.05, 3.63) is 46.8 Å². The van der Waals surface area contributed by atoms with Crippen molar-refractivity contribution in [3.63, 3.8) is 0 Å². The molecule has 0 aliphatic carbocycles. The van der Waals surface area contributed by atoms with E-state index in [-0.39, 0.29) is 23.3 Å². The van der Waals surface area contributed by atoms with Crippen LogP contribution < -0.4 is 5.32 Å². The first-order valence-corrected chi connectivity index (χ1v) is 10.5. The van der Waals surface area contributed by atoms with E-state index in [0.29, 0.717) is 13.1 Å². The van der Waals surface area contributed by atoms with E-state index >= 15 is 0 Å². The Morgan fingerprint density at radius 2 is 1.78 bits per heavy atom. The molecule has 7 nitrogen and oxygen atoms in total. The summed E-state index contributed by atoms with van der Waals surface area (Å²) in [5.74, 6) is -0.102. The van der Waals surface area contributed by atoms with E-state index in [0.717, 1.165) is 22.5 Å². The predicted octanol–water partition coefficient (Wildman–Crippen LogP) is 2.48. The highest BCUT2D eigenvalue weighted by molar-refractivity contribution is 7.89. The Morgan fingerprint density at radius 3 is 2.26 bits per heavy atom. The molecule has 0 aliphatic rings. The fourth-order valence-corrected chi connectivity index (χ4v) is 4.47. The molecule has 148 valence electrons. The van der Waals surface area contributed by atoms with Gasteiger partial charge in [0.1, 0.15) is 0 Å². The third-order valence-corrected chi connectivity index (χ3v) is 6.78. The Kier molecular flexibility index (Phi) is 6.78. The fraction of sp³-hybridized carbons (Fsp3) is 0.474. The van der Waals surface area contributed by atoms with Crippen molar-refractivity contribution in [2.75, 3.05) is 13.1 Å². The maximum absolute atomic E-state index is 12.5. The van der Waals surface area contributed by atoms with Crippen LogP contribution in [0.25, 0.3) is 0 Å². The number of amides is 1. The third-order valence-electron chi connectivity index (χ3n) is 4.72. The number of hydrogen-bond donors (Lipinski definition) is 2. The van der Waals surface area contributed by atoms with E-state index in [2.05, 4.69) is 15.5 Å². The van der Waals surface area contributed by atoms with E-state index in [1.54, 1.807) is 24.3 Å². The highest BCUT2D eigenvalue weighted by atomic mass is 32.2. The summed E-state index contributed by atoms with van der Waals surface area (Å²) in [6, 6.07) is 6.45. The second-order valence-corrected chi connectivity index (χ2v) is 8.47. The smallest absolute Gasteiger partial charge is 0.243 e. The van der Waals surface area contributed by atoms with Crippen molar-refractivity contribution >= 4 is 15.9 Å². The van der Waals surface area contributed by atoms with Crippen LogP contribution in [-0.4, -0.2) is 41.9 Å². The lowest BCUT2D eigenvalue weighted by molar-refractivity contribution is -0.121. The van der Waals surface area contributed by atoms with Crippen molar-refractivity contribution in [2.24, 2.45) is 0 Å². The molecule has 2 aromatic rings. The molecule has 1 aromatic heterocycles. The number of benzene rings is 1. The first-order chi connectivity index (χ1) is 12.7. The summed E-state index contributed by atoms with van der Waals surface area (Å²) in [6.45, 7) is 10.1. The van der Waals surface area contributed by atoms with Gasteiger partial charge in [-0.3, -0.25) is 9.89 Å². The molecule has 2 N–H and O–H groups in total. The van der Waals surface area contributed by atoms with Gasteiger partial charge in [-0.05, 0) is 38.5 Å². The second kappa shape index (κ2) is 8.67. The van der Waals surface area contributed by atoms with Gasteiger partial charge < -0.3 is 5.32 Å². The Morgan fingerprint density at radius 1 is 1.19 bits per heavy atom. The van der Waals surface area contributed by atoms with Crippen LogP contribution in [0.4, 0.5) is 0 Å². The zero-order chi connectivity index (χ0) is 20.2. The average Bonchev–Trinajstić information content (AvgIpc) is 2.94. The number of carbonyl (C=O) groups excluding carboxylic acids is 1. The van der Waals surface area contributed by atoms with Crippen molar-refractivity contribution in [3.8, 4) is 0 Å². The molecule has 27 heavy (non-hydrogen) atoms. The molecule has 0 aliphatic heterocycles. The van der Waals surface area contributed by atoms with Crippen LogP contribution in [0.3, 0.4) is 0 Å². The zero-order valence-corrected chi connectivity index (χ0v) is 17.4. The van der Waals surface area contributed by atoms with Gasteiger partial charge in [-0.15, -0.1) is 0 Å². The summed E-state index contributed by atoms with van der Waals surface area (Å²) in [5, 5.41) is 9.93. The van der Waals surface area contributed by atoms with Crippen molar-refractivity contribution in [1.29, 1.82) is 0 Å². The number of aromatic nitrogens is 2. The summed E-state index contributed by atoms with van der Waals surface area (Å²) in [4.78, 5) is 12.6. The number of aromatic amines is 1. The molecule has 0 unspecified atom stereocenters. The first-order valence-electron chi connectivity index (χ1n) is 9.10. The van der Waals surface area contributed by atoms with Crippen molar-refractivity contribution in [2.45, 2.75) is 52.0 Å². The number of rotatable bonds is 8. The lowest BCUT2D eigenvalue weighted by Gasteiger charge is -2.19. The minimum Gasteiger partial charge on any atom is -0.349 e. The van der Waals surface area contributed by atoms with Crippen LogP contribution >= 0.6 is 0 Å². The highest BCUT2D eigenvalue weighted by Crippen LogP contribution is 2.20. The van der Waals surface area contributed by atoms with Crippen molar-refractivity contribution < 1.29 is 13.2 Å². The quantitative estimate of drug-likeness (QED) is 0.721. The van der Waals surface area contributed by atoms with Gasteiger partial charge in [0.25, 0.3) is 0 Å². The van der Waals surface area contributed by atoms with Gasteiger partial charge in [0.15, 0.2) is 0 Å². The number of sulfonamides is 1. The molecule has 0 spiro atoms. The van der Waals surface area contributed by atoms with Gasteiger partial charge in [-0.25, -0.2) is 8.42 Å². The van der Waals surface area contributed by atoms with Crippen LogP contribution in [0.5, 0.6) is 0 Å². The summed E-state index contributed by atoms with van der Waals surface area (Å²) in [7, 11) is -3.47. The van der Waals surface area contributed by atoms with Crippen molar-refractivity contribution in [1.82, 2.24) is 19.8 Å². The van der Waals surface area contributed by atoms with E-state index in [1.807, 2.05) is 34.6 Å². The first kappa shape index (κ1) is 21.1. The molecule has 1 atom stereocenters. The number of aryl methyl sites for hydroxylation is 2. The summed E-state index contributed by atoms with van der Waals surface area (Å²) >= 11 is 0. The van der Waals surface area contributed by atoms with Crippen LogP contribution in [0.2, 0.25) is 0 Å². The molecular weight excluding hydrogens is 364 g/mol. The maximum atomic E-state index is 12.5. The number of carbonyl (C=O) groups is 1. The number of nitrogens with zero attached hydrogens (tertiary/aromatic N) is 2. The van der Waals surface area contributed by atoms with Gasteiger partial charge in [0.05, 0.1) is 23.1 Å². The zero-order valence-electron chi connectivity index (χ0n) is 16.5. The SMILES string of the molecule is CCN(CC)S(=O)(=O)c1ccc([C@@H](C)NC(=O)Cc2c(C)n[nH]c2C)cc1. The lowest BCUT2D eigenvalue weighted by atomic mass is 10.1. The summed E-state index contributed by atoms with van der Waals surface area (Å²) < 4.78 is 26.5. The third kappa shape index (κ3) is 4.75. The second-order valence-electron chi connectivity index (χ2n) is 6.54. The lowest BCUT2D eigenvalue weighted by Crippen LogP contribution is -2.31. The molecule has 0 bridgehead atoms. The maximum Gasteiger partial charge on any atom is 0.243 e. The molecule has 0 saturated heterocycles. The molecule has 8 heteroatoms. The number of hydrogen-bond acceptors (Lipinski definition) is 4. The minimum atomic E-state index is -3.47. The molecule has 1 heterocycles. The normalized spacial score (nSPS) is 13.0. The molecule has 0 radical (unpaired) electrons.